The zero-order chi connectivity index (χ0) is 12.7. The van der Waals surface area contributed by atoms with E-state index >= 15 is 0 Å². The van der Waals surface area contributed by atoms with E-state index in [1.54, 1.807) is 0 Å². The van der Waals surface area contributed by atoms with E-state index < -0.39 is 0 Å². The molecule has 0 bridgehead atoms. The molecule has 4 heteroatoms. The predicted molar refractivity (Wildman–Crippen MR) is 70.9 cm³/mol. The van der Waals surface area contributed by atoms with Gasteiger partial charge < -0.3 is 0 Å². The zero-order valence-electron chi connectivity index (χ0n) is 10.4. The summed E-state index contributed by atoms with van der Waals surface area (Å²) in [6, 6.07) is 6.08. The largest absolute Gasteiger partial charge is 0.261 e. The number of aromatic nitrogens is 3. The molecule has 2 aromatic rings. The van der Waals surface area contributed by atoms with E-state index in [1.807, 2.05) is 19.2 Å². The van der Waals surface area contributed by atoms with Gasteiger partial charge in [0.1, 0.15) is 11.0 Å². The molecule has 0 spiro atoms. The summed E-state index contributed by atoms with van der Waals surface area (Å²) in [4.78, 5) is 13.0. The summed E-state index contributed by atoms with van der Waals surface area (Å²) >= 11 is 5.97. The van der Waals surface area contributed by atoms with Crippen molar-refractivity contribution in [1.29, 1.82) is 0 Å². The molecule has 3 rings (SSSR count). The van der Waals surface area contributed by atoms with Crippen LogP contribution in [-0.2, 0) is 0 Å². The zero-order valence-corrected chi connectivity index (χ0v) is 11.1. The lowest BCUT2D eigenvalue weighted by Gasteiger charge is -2.02. The lowest BCUT2D eigenvalue weighted by Crippen LogP contribution is -1.95. The van der Waals surface area contributed by atoms with Crippen LogP contribution in [0.4, 0.5) is 0 Å². The fourth-order valence-corrected chi connectivity index (χ4v) is 2.52. The average Bonchev–Trinajstić information content (AvgIpc) is 3.08. The first-order valence-corrected chi connectivity index (χ1v) is 6.45. The van der Waals surface area contributed by atoms with E-state index in [0.29, 0.717) is 17.0 Å². The number of pyridine rings is 1. The van der Waals surface area contributed by atoms with Crippen LogP contribution in [0.25, 0.3) is 0 Å². The van der Waals surface area contributed by atoms with Gasteiger partial charge >= 0.3 is 0 Å². The summed E-state index contributed by atoms with van der Waals surface area (Å²) < 4.78 is 0. The summed E-state index contributed by atoms with van der Waals surface area (Å²) in [6.07, 6.45) is 3.02. The molecule has 0 saturated heterocycles. The van der Waals surface area contributed by atoms with Crippen LogP contribution in [0.5, 0.6) is 0 Å². The van der Waals surface area contributed by atoms with E-state index in [2.05, 4.69) is 34.0 Å². The van der Waals surface area contributed by atoms with Crippen molar-refractivity contribution < 1.29 is 0 Å². The molecule has 1 saturated carbocycles. The third kappa shape index (κ3) is 2.23. The van der Waals surface area contributed by atoms with Crippen LogP contribution >= 0.6 is 11.6 Å². The maximum Gasteiger partial charge on any atom is 0.133 e. The Bertz CT molecular complexity index is 560. The Morgan fingerprint density at radius 1 is 1.11 bits per heavy atom. The van der Waals surface area contributed by atoms with Gasteiger partial charge in [0.2, 0.25) is 0 Å². The van der Waals surface area contributed by atoms with Gasteiger partial charge in [0.05, 0.1) is 0 Å². The Morgan fingerprint density at radius 3 is 2.56 bits per heavy atom. The van der Waals surface area contributed by atoms with Gasteiger partial charge in [0.25, 0.3) is 0 Å². The summed E-state index contributed by atoms with van der Waals surface area (Å²) in [5, 5.41) is 0.528. The second-order valence-corrected chi connectivity index (χ2v) is 5.26. The van der Waals surface area contributed by atoms with Crippen molar-refractivity contribution >= 4 is 11.6 Å². The highest BCUT2D eigenvalue weighted by Crippen LogP contribution is 2.53. The maximum atomic E-state index is 5.97. The molecule has 0 amide bonds. The van der Waals surface area contributed by atoms with Crippen molar-refractivity contribution in [3.8, 4) is 0 Å². The minimum Gasteiger partial charge on any atom is -0.261 e. The van der Waals surface area contributed by atoms with Gasteiger partial charge in [-0.25, -0.2) is 9.97 Å². The van der Waals surface area contributed by atoms with Gasteiger partial charge in [-0.3, -0.25) is 4.98 Å². The molecule has 92 valence electrons. The van der Waals surface area contributed by atoms with E-state index in [4.69, 9.17) is 11.6 Å². The fourth-order valence-electron chi connectivity index (χ4n) is 2.29. The Labute approximate surface area is 111 Å². The SMILES string of the molecule is Cc1ccc(C2CC2c2cc(Cl)nc(C)n2)nc1. The second-order valence-electron chi connectivity index (χ2n) is 4.87. The number of nitrogens with zero attached hydrogens (tertiary/aromatic N) is 3. The molecule has 2 aromatic heterocycles. The highest BCUT2D eigenvalue weighted by Gasteiger charge is 2.41. The number of hydrogen-bond acceptors (Lipinski definition) is 3. The third-order valence-corrected chi connectivity index (χ3v) is 3.50. The number of rotatable bonds is 2. The quantitative estimate of drug-likeness (QED) is 0.776. The monoisotopic (exact) mass is 259 g/mol. The summed E-state index contributed by atoms with van der Waals surface area (Å²) in [7, 11) is 0. The lowest BCUT2D eigenvalue weighted by molar-refractivity contribution is 0.896. The van der Waals surface area contributed by atoms with Crippen molar-refractivity contribution in [2.75, 3.05) is 0 Å². The predicted octanol–water partition coefficient (Wildman–Crippen LogP) is 3.41. The van der Waals surface area contributed by atoms with Gasteiger partial charge in [0, 0.05) is 29.4 Å². The summed E-state index contributed by atoms with van der Waals surface area (Å²) in [5.74, 6) is 1.66. The van der Waals surface area contributed by atoms with Crippen molar-refractivity contribution in [3.05, 3.63) is 52.3 Å². The van der Waals surface area contributed by atoms with Crippen LogP contribution in [-0.4, -0.2) is 15.0 Å². The standard InChI is InChI=1S/C14H14ClN3/c1-8-3-4-12(16-7-8)10-5-11(10)13-6-14(15)18-9(2)17-13/h3-4,6-7,10-11H,5H2,1-2H3. The summed E-state index contributed by atoms with van der Waals surface area (Å²) in [5.41, 5.74) is 3.38. The highest BCUT2D eigenvalue weighted by atomic mass is 35.5. The average molecular weight is 260 g/mol. The molecule has 2 unspecified atom stereocenters. The Balaban J connectivity index is 1.83. The Hall–Kier alpha value is -1.48. The molecule has 1 aliphatic carbocycles. The van der Waals surface area contributed by atoms with Gasteiger partial charge in [-0.2, -0.15) is 0 Å². The Morgan fingerprint density at radius 2 is 1.89 bits per heavy atom. The first-order chi connectivity index (χ1) is 8.63. The van der Waals surface area contributed by atoms with Gasteiger partial charge in [0.15, 0.2) is 0 Å². The molecule has 0 aromatic carbocycles. The molecule has 18 heavy (non-hydrogen) atoms. The van der Waals surface area contributed by atoms with Crippen LogP contribution in [0.15, 0.2) is 24.4 Å². The molecular weight excluding hydrogens is 246 g/mol. The molecule has 2 atom stereocenters. The molecule has 1 fully saturated rings. The minimum absolute atomic E-state index is 0.444. The molecular formula is C14H14ClN3. The maximum absolute atomic E-state index is 5.97. The fraction of sp³-hybridized carbons (Fsp3) is 0.357. The highest BCUT2D eigenvalue weighted by molar-refractivity contribution is 6.29. The topological polar surface area (TPSA) is 38.7 Å². The van der Waals surface area contributed by atoms with Crippen molar-refractivity contribution in [2.24, 2.45) is 0 Å². The van der Waals surface area contributed by atoms with E-state index in [-0.39, 0.29) is 0 Å². The van der Waals surface area contributed by atoms with Crippen molar-refractivity contribution in [2.45, 2.75) is 32.1 Å². The molecule has 2 heterocycles. The third-order valence-electron chi connectivity index (χ3n) is 3.31. The molecule has 0 aliphatic heterocycles. The first kappa shape index (κ1) is 11.6. The molecule has 0 N–H and O–H groups in total. The van der Waals surface area contributed by atoms with E-state index in [1.165, 1.54) is 5.56 Å². The van der Waals surface area contributed by atoms with Crippen LogP contribution < -0.4 is 0 Å². The smallest absolute Gasteiger partial charge is 0.133 e. The molecule has 3 nitrogen and oxygen atoms in total. The number of hydrogen-bond donors (Lipinski definition) is 0. The number of aryl methyl sites for hydroxylation is 2. The van der Waals surface area contributed by atoms with Gasteiger partial charge in [-0.15, -0.1) is 0 Å². The van der Waals surface area contributed by atoms with Gasteiger partial charge in [-0.1, -0.05) is 17.7 Å². The van der Waals surface area contributed by atoms with E-state index in [0.717, 1.165) is 23.6 Å². The van der Waals surface area contributed by atoms with Crippen LogP contribution in [0.3, 0.4) is 0 Å². The van der Waals surface area contributed by atoms with Crippen LogP contribution in [0.2, 0.25) is 5.15 Å². The van der Waals surface area contributed by atoms with E-state index in [9.17, 15) is 0 Å². The van der Waals surface area contributed by atoms with Crippen LogP contribution in [0, 0.1) is 13.8 Å². The minimum atomic E-state index is 0.444. The lowest BCUT2D eigenvalue weighted by atomic mass is 10.1. The van der Waals surface area contributed by atoms with Gasteiger partial charge in [-0.05, 0) is 38.0 Å². The first-order valence-electron chi connectivity index (χ1n) is 6.07. The molecule has 1 aliphatic rings. The second kappa shape index (κ2) is 4.32. The van der Waals surface area contributed by atoms with Crippen LogP contribution in [0.1, 0.15) is 41.0 Å². The number of halogens is 1. The summed E-state index contributed by atoms with van der Waals surface area (Å²) in [6.45, 7) is 3.92. The van der Waals surface area contributed by atoms with Crippen molar-refractivity contribution in [3.63, 3.8) is 0 Å². The molecule has 0 radical (unpaired) electrons. The van der Waals surface area contributed by atoms with Crippen molar-refractivity contribution in [1.82, 2.24) is 15.0 Å². The Kier molecular flexibility index (Phi) is 2.78. The normalized spacial score (nSPS) is 21.9.